The molecule has 2 aromatic carbocycles. The molecule has 1 N–H and O–H groups in total. The Labute approximate surface area is 248 Å². The molecular formula is C30H33ClF2N2O4S2. The summed E-state index contributed by atoms with van der Waals surface area (Å²) in [6, 6.07) is 9.66. The van der Waals surface area contributed by atoms with Gasteiger partial charge in [0.2, 0.25) is 15.9 Å². The fourth-order valence-electron chi connectivity index (χ4n) is 6.74. The van der Waals surface area contributed by atoms with E-state index in [4.69, 9.17) is 16.3 Å². The second-order valence-electron chi connectivity index (χ2n) is 11.7. The average molecular weight is 623 g/mol. The highest BCUT2D eigenvalue weighted by molar-refractivity contribution is 7.89. The number of alkyl halides is 2. The molecule has 1 saturated carbocycles. The smallest absolute Gasteiger partial charge is 0.307 e. The SMILES string of the molecule is CC1CC2CCC(C1)N2C(=O)C(NS(=O)(=O)c1ccc2cc(OC3CCCC3)ccc2c1)C(F)(F)c1ccc(Cl)s1. The zero-order chi connectivity index (χ0) is 28.9. The zero-order valence-electron chi connectivity index (χ0n) is 22.7. The highest BCUT2D eigenvalue weighted by atomic mass is 35.5. The first-order valence-electron chi connectivity index (χ1n) is 14.2. The van der Waals surface area contributed by atoms with E-state index in [1.54, 1.807) is 18.2 Å². The Kier molecular flexibility index (Phi) is 7.80. The van der Waals surface area contributed by atoms with E-state index in [9.17, 15) is 13.2 Å². The van der Waals surface area contributed by atoms with Crippen LogP contribution >= 0.6 is 22.9 Å². The second kappa shape index (κ2) is 11.1. The molecule has 2 aliphatic heterocycles. The minimum absolute atomic E-state index is 0.131. The molecule has 0 radical (unpaired) electrons. The highest BCUT2D eigenvalue weighted by Crippen LogP contribution is 2.43. The third-order valence-corrected chi connectivity index (χ3v) is 11.4. The van der Waals surface area contributed by atoms with Gasteiger partial charge in [-0.2, -0.15) is 13.5 Å². The molecule has 6 nitrogen and oxygen atoms in total. The Morgan fingerprint density at radius 1 is 1.02 bits per heavy atom. The number of carbonyl (C=O) groups is 1. The summed E-state index contributed by atoms with van der Waals surface area (Å²) in [6.45, 7) is 2.10. The van der Waals surface area contributed by atoms with Crippen LogP contribution in [0.5, 0.6) is 5.75 Å². The summed E-state index contributed by atoms with van der Waals surface area (Å²) in [5, 5.41) is 1.39. The van der Waals surface area contributed by atoms with Crippen molar-refractivity contribution in [3.8, 4) is 5.75 Å². The molecule has 6 rings (SSSR count). The molecule has 11 heteroatoms. The number of sulfonamides is 1. The van der Waals surface area contributed by atoms with Crippen molar-refractivity contribution in [1.82, 2.24) is 9.62 Å². The van der Waals surface area contributed by atoms with Crippen molar-refractivity contribution >= 4 is 49.6 Å². The van der Waals surface area contributed by atoms with Gasteiger partial charge in [-0.15, -0.1) is 11.3 Å². The Morgan fingerprint density at radius 3 is 2.34 bits per heavy atom. The lowest BCUT2D eigenvalue weighted by molar-refractivity contribution is -0.149. The maximum Gasteiger partial charge on any atom is 0.307 e. The summed E-state index contributed by atoms with van der Waals surface area (Å²) in [7, 11) is -4.51. The molecule has 1 aromatic heterocycles. The summed E-state index contributed by atoms with van der Waals surface area (Å²) in [4.78, 5) is 14.7. The lowest BCUT2D eigenvalue weighted by Gasteiger charge is -2.40. The highest BCUT2D eigenvalue weighted by Gasteiger charge is 2.54. The van der Waals surface area contributed by atoms with Crippen LogP contribution in [0.4, 0.5) is 8.78 Å². The summed E-state index contributed by atoms with van der Waals surface area (Å²) in [5.74, 6) is -3.61. The fourth-order valence-corrected chi connectivity index (χ4v) is 9.01. The van der Waals surface area contributed by atoms with Crippen molar-refractivity contribution in [3.05, 3.63) is 57.7 Å². The number of ether oxygens (including phenoxy) is 1. The summed E-state index contributed by atoms with van der Waals surface area (Å²) >= 11 is 6.60. The molecule has 2 bridgehead atoms. The molecule has 2 saturated heterocycles. The number of fused-ring (bicyclic) bond motifs is 3. The summed E-state index contributed by atoms with van der Waals surface area (Å²) in [6.07, 6.45) is 7.40. The Bertz CT molecular complexity index is 1540. The maximum absolute atomic E-state index is 16.1. The number of thiophene rings is 1. The monoisotopic (exact) mass is 622 g/mol. The predicted molar refractivity (Wildman–Crippen MR) is 156 cm³/mol. The van der Waals surface area contributed by atoms with E-state index in [1.165, 1.54) is 23.1 Å². The molecule has 3 atom stereocenters. The number of halogens is 3. The van der Waals surface area contributed by atoms with Crippen LogP contribution in [-0.2, 0) is 20.7 Å². The number of nitrogens with zero attached hydrogens (tertiary/aromatic N) is 1. The van der Waals surface area contributed by atoms with Crippen LogP contribution in [0.25, 0.3) is 10.8 Å². The van der Waals surface area contributed by atoms with E-state index in [-0.39, 0.29) is 27.4 Å². The van der Waals surface area contributed by atoms with E-state index in [1.807, 2.05) is 6.07 Å². The number of rotatable bonds is 8. The van der Waals surface area contributed by atoms with Crippen molar-refractivity contribution in [1.29, 1.82) is 0 Å². The quantitative estimate of drug-likeness (QED) is 0.291. The molecule has 0 spiro atoms. The van der Waals surface area contributed by atoms with Crippen molar-refractivity contribution in [2.45, 2.75) is 93.3 Å². The van der Waals surface area contributed by atoms with E-state index >= 15 is 8.78 Å². The van der Waals surface area contributed by atoms with Crippen LogP contribution in [0.2, 0.25) is 4.34 Å². The number of carbonyl (C=O) groups excluding carboxylic acids is 1. The maximum atomic E-state index is 16.1. The molecular weight excluding hydrogens is 590 g/mol. The number of amides is 1. The summed E-state index contributed by atoms with van der Waals surface area (Å²) < 4.78 is 67.7. The van der Waals surface area contributed by atoms with Gasteiger partial charge < -0.3 is 9.64 Å². The first-order chi connectivity index (χ1) is 19.5. The first kappa shape index (κ1) is 28.8. The van der Waals surface area contributed by atoms with Crippen LogP contribution in [0.1, 0.15) is 63.2 Å². The molecule has 3 heterocycles. The van der Waals surface area contributed by atoms with Crippen molar-refractivity contribution in [3.63, 3.8) is 0 Å². The number of hydrogen-bond donors (Lipinski definition) is 1. The van der Waals surface area contributed by atoms with Gasteiger partial charge in [-0.05, 0) is 104 Å². The van der Waals surface area contributed by atoms with Crippen LogP contribution in [0, 0.1) is 5.92 Å². The average Bonchev–Trinajstić information content (AvgIpc) is 3.67. The molecule has 1 aliphatic carbocycles. The molecule has 3 aliphatic rings. The zero-order valence-corrected chi connectivity index (χ0v) is 25.1. The molecule has 220 valence electrons. The minimum Gasteiger partial charge on any atom is -0.490 e. The minimum atomic E-state index is -4.51. The van der Waals surface area contributed by atoms with Crippen LogP contribution in [-0.4, -0.2) is 43.5 Å². The number of nitrogens with one attached hydrogen (secondary N) is 1. The van der Waals surface area contributed by atoms with E-state index in [0.717, 1.165) is 62.8 Å². The standard InChI is InChI=1S/C30H33ClF2N2O4S2/c1-18-14-21-8-9-22(15-18)35(21)29(36)28(30(32,33)26-12-13-27(31)40-26)34-41(37,38)25-11-7-19-16-24(10-6-20(19)17-25)39-23-4-2-3-5-23/h6-7,10-13,16-18,21-23,28,34H,2-5,8-9,14-15H2,1H3. The van der Waals surface area contributed by atoms with Crippen molar-refractivity contribution in [2.75, 3.05) is 0 Å². The largest absolute Gasteiger partial charge is 0.490 e. The molecule has 3 unspecified atom stereocenters. The fraction of sp³-hybridized carbons (Fsp3) is 0.500. The number of piperidine rings is 1. The van der Waals surface area contributed by atoms with Gasteiger partial charge in [0.25, 0.3) is 0 Å². The van der Waals surface area contributed by atoms with Gasteiger partial charge in [0.15, 0.2) is 6.04 Å². The van der Waals surface area contributed by atoms with Gasteiger partial charge in [0, 0.05) is 12.1 Å². The van der Waals surface area contributed by atoms with Crippen LogP contribution in [0.15, 0.2) is 53.4 Å². The Balaban J connectivity index is 1.30. The molecule has 1 amide bonds. The Morgan fingerprint density at radius 2 is 1.68 bits per heavy atom. The molecule has 41 heavy (non-hydrogen) atoms. The second-order valence-corrected chi connectivity index (χ2v) is 15.1. The normalized spacial score (nSPS) is 24.2. The van der Waals surface area contributed by atoms with Crippen molar-refractivity contribution < 1.29 is 26.7 Å². The molecule has 3 fully saturated rings. The van der Waals surface area contributed by atoms with E-state index < -0.39 is 32.8 Å². The third kappa shape index (κ3) is 5.72. The summed E-state index contributed by atoms with van der Waals surface area (Å²) in [5.41, 5.74) is 0. The van der Waals surface area contributed by atoms with Crippen molar-refractivity contribution in [2.24, 2.45) is 5.92 Å². The van der Waals surface area contributed by atoms with Gasteiger partial charge in [0.1, 0.15) is 5.75 Å². The van der Waals surface area contributed by atoms with E-state index in [0.29, 0.717) is 28.4 Å². The topological polar surface area (TPSA) is 75.7 Å². The van der Waals surface area contributed by atoms with Crippen LogP contribution in [0.3, 0.4) is 0 Å². The number of hydrogen-bond acceptors (Lipinski definition) is 5. The lowest BCUT2D eigenvalue weighted by Crippen LogP contribution is -2.59. The first-order valence-corrected chi connectivity index (χ1v) is 16.9. The van der Waals surface area contributed by atoms with Gasteiger partial charge in [-0.3, -0.25) is 4.79 Å². The molecule has 3 aromatic rings. The third-order valence-electron chi connectivity index (χ3n) is 8.71. The predicted octanol–water partition coefficient (Wildman–Crippen LogP) is 7.10. The van der Waals surface area contributed by atoms with Gasteiger partial charge in [-0.25, -0.2) is 8.42 Å². The van der Waals surface area contributed by atoms with Gasteiger partial charge in [-0.1, -0.05) is 30.7 Å². The Hall–Kier alpha value is -2.27. The van der Waals surface area contributed by atoms with Crippen LogP contribution < -0.4 is 9.46 Å². The van der Waals surface area contributed by atoms with E-state index in [2.05, 4.69) is 11.6 Å². The number of benzene rings is 2. The van der Waals surface area contributed by atoms with Gasteiger partial charge in [0.05, 0.1) is 20.2 Å². The van der Waals surface area contributed by atoms with Gasteiger partial charge >= 0.3 is 5.92 Å². The lowest BCUT2D eigenvalue weighted by atomic mass is 9.91.